The van der Waals surface area contributed by atoms with Crippen molar-refractivity contribution >= 4 is 5.91 Å². The lowest BCUT2D eigenvalue weighted by molar-refractivity contribution is -0.130. The molecule has 0 aliphatic heterocycles. The topological polar surface area (TPSA) is 20.3 Å². The molecule has 234 valence electrons. The molecule has 0 aliphatic carbocycles. The fourth-order valence-corrected chi connectivity index (χ4v) is 5.86. The highest BCUT2D eigenvalue weighted by atomic mass is 16.2. The van der Waals surface area contributed by atoms with E-state index in [-0.39, 0.29) is 0 Å². The molecule has 2 nitrogen and oxygen atoms in total. The van der Waals surface area contributed by atoms with E-state index >= 15 is 0 Å². The maximum Gasteiger partial charge on any atom is 0.222 e. The van der Waals surface area contributed by atoms with E-state index in [1.807, 2.05) is 11.9 Å². The summed E-state index contributed by atoms with van der Waals surface area (Å²) in [7, 11) is 2.01. The second-order valence-electron chi connectivity index (χ2n) is 12.8. The van der Waals surface area contributed by atoms with E-state index in [1.165, 1.54) is 193 Å². The Hall–Kier alpha value is -0.530. The van der Waals surface area contributed by atoms with E-state index in [0.29, 0.717) is 5.91 Å². The number of hydrogen-bond donors (Lipinski definition) is 0. The van der Waals surface area contributed by atoms with Crippen LogP contribution in [0.5, 0.6) is 0 Å². The van der Waals surface area contributed by atoms with Gasteiger partial charge in [0, 0.05) is 20.0 Å². The van der Waals surface area contributed by atoms with Crippen LogP contribution in [-0.2, 0) is 4.79 Å². The van der Waals surface area contributed by atoms with Crippen LogP contribution in [0.25, 0.3) is 0 Å². The lowest BCUT2D eigenvalue weighted by atomic mass is 10.0. The van der Waals surface area contributed by atoms with Gasteiger partial charge in [-0.25, -0.2) is 0 Å². The Bertz CT molecular complexity index is 462. The predicted octanol–water partition coefficient (Wildman–Crippen LogP) is 13.0. The van der Waals surface area contributed by atoms with Gasteiger partial charge in [0.2, 0.25) is 5.91 Å². The van der Waals surface area contributed by atoms with Crippen LogP contribution < -0.4 is 0 Å². The summed E-state index contributed by atoms with van der Waals surface area (Å²) < 4.78 is 0. The largest absolute Gasteiger partial charge is 0.346 e. The van der Waals surface area contributed by atoms with Crippen LogP contribution in [0.4, 0.5) is 0 Å². The van der Waals surface area contributed by atoms with Crippen molar-refractivity contribution in [2.75, 3.05) is 13.6 Å². The van der Waals surface area contributed by atoms with Gasteiger partial charge in [-0.1, -0.05) is 200 Å². The van der Waals surface area contributed by atoms with Crippen LogP contribution >= 0.6 is 0 Å². The van der Waals surface area contributed by atoms with Gasteiger partial charge >= 0.3 is 0 Å². The van der Waals surface area contributed by atoms with E-state index in [4.69, 9.17) is 0 Å². The summed E-state index contributed by atoms with van der Waals surface area (Å²) in [5.41, 5.74) is 0. The molecule has 0 unspecified atom stereocenters. The van der Waals surface area contributed by atoms with Crippen molar-refractivity contribution < 1.29 is 4.79 Å². The molecule has 0 spiro atoms. The van der Waals surface area contributed by atoms with Crippen LogP contribution in [0.2, 0.25) is 0 Å². The van der Waals surface area contributed by atoms with Crippen molar-refractivity contribution in [2.24, 2.45) is 0 Å². The normalized spacial score (nSPS) is 11.4. The fraction of sp³-hybridized carbons (Fsp3) is 0.973. The quantitative estimate of drug-likeness (QED) is 0.0745. The van der Waals surface area contributed by atoms with Crippen LogP contribution in [-0.4, -0.2) is 24.4 Å². The summed E-state index contributed by atoms with van der Waals surface area (Å²) in [6, 6.07) is 0. The lowest BCUT2D eigenvalue weighted by Crippen LogP contribution is -2.27. The number of hydrogen-bond acceptors (Lipinski definition) is 1. The fourth-order valence-electron chi connectivity index (χ4n) is 5.86. The van der Waals surface area contributed by atoms with Gasteiger partial charge in [-0.15, -0.1) is 0 Å². The van der Waals surface area contributed by atoms with E-state index in [1.54, 1.807) is 0 Å². The number of unbranched alkanes of at least 4 members (excludes halogenated alkanes) is 29. The van der Waals surface area contributed by atoms with Gasteiger partial charge in [0.25, 0.3) is 0 Å². The predicted molar refractivity (Wildman–Crippen MR) is 177 cm³/mol. The van der Waals surface area contributed by atoms with Gasteiger partial charge in [-0.3, -0.25) is 4.79 Å². The van der Waals surface area contributed by atoms with Gasteiger partial charge < -0.3 is 4.90 Å². The number of rotatable bonds is 33. The van der Waals surface area contributed by atoms with E-state index < -0.39 is 0 Å². The molecule has 0 saturated heterocycles. The summed E-state index contributed by atoms with van der Waals surface area (Å²) in [5, 5.41) is 0. The van der Waals surface area contributed by atoms with Crippen LogP contribution in [0.15, 0.2) is 0 Å². The maximum atomic E-state index is 12.4. The number of carbonyl (C=O) groups is 1. The highest BCUT2D eigenvalue weighted by Crippen LogP contribution is 2.15. The molecule has 1 amide bonds. The third-order valence-electron chi connectivity index (χ3n) is 8.77. The zero-order valence-electron chi connectivity index (χ0n) is 27.7. The van der Waals surface area contributed by atoms with E-state index in [9.17, 15) is 4.79 Å². The number of amides is 1. The first kappa shape index (κ1) is 38.5. The molecule has 0 bridgehead atoms. The molecule has 0 N–H and O–H groups in total. The molecule has 0 saturated carbocycles. The second kappa shape index (κ2) is 33.7. The van der Waals surface area contributed by atoms with Crippen molar-refractivity contribution in [1.82, 2.24) is 4.90 Å². The first-order valence-electron chi connectivity index (χ1n) is 18.5. The minimum Gasteiger partial charge on any atom is -0.346 e. The van der Waals surface area contributed by atoms with Gasteiger partial charge in [-0.05, 0) is 12.8 Å². The molecule has 0 atom stereocenters. The van der Waals surface area contributed by atoms with E-state index in [2.05, 4.69) is 13.8 Å². The first-order valence-corrected chi connectivity index (χ1v) is 18.5. The molecular formula is C37H75NO. The molecule has 0 aromatic carbocycles. The maximum absolute atomic E-state index is 12.4. The monoisotopic (exact) mass is 550 g/mol. The highest BCUT2D eigenvalue weighted by Gasteiger charge is 2.07. The molecule has 0 aromatic rings. The molecule has 0 aromatic heterocycles. The van der Waals surface area contributed by atoms with Gasteiger partial charge in [0.05, 0.1) is 0 Å². The summed E-state index contributed by atoms with van der Waals surface area (Å²) in [6.45, 7) is 5.54. The van der Waals surface area contributed by atoms with Crippen molar-refractivity contribution in [1.29, 1.82) is 0 Å². The van der Waals surface area contributed by atoms with Crippen molar-refractivity contribution in [2.45, 2.75) is 219 Å². The van der Waals surface area contributed by atoms with Crippen molar-refractivity contribution in [3.05, 3.63) is 0 Å². The molecule has 2 heteroatoms. The average molecular weight is 550 g/mol. The third kappa shape index (κ3) is 31.9. The standard InChI is InChI=1S/C37H75NO/c1-4-6-8-10-12-14-16-18-20-22-24-26-28-30-32-34-36-38(3)37(39)35-33-31-29-27-25-23-21-19-17-15-13-11-9-7-5-2/h4-36H2,1-3H3. The van der Waals surface area contributed by atoms with Gasteiger partial charge in [0.1, 0.15) is 0 Å². The number of carbonyl (C=O) groups excluding carboxylic acids is 1. The molecule has 0 radical (unpaired) electrons. The van der Waals surface area contributed by atoms with Crippen LogP contribution in [0.3, 0.4) is 0 Å². The van der Waals surface area contributed by atoms with E-state index in [0.717, 1.165) is 19.4 Å². The highest BCUT2D eigenvalue weighted by molar-refractivity contribution is 5.75. The summed E-state index contributed by atoms with van der Waals surface area (Å²) >= 11 is 0. The summed E-state index contributed by atoms with van der Waals surface area (Å²) in [4.78, 5) is 14.4. The smallest absolute Gasteiger partial charge is 0.222 e. The molecular weight excluding hydrogens is 474 g/mol. The SMILES string of the molecule is CCCCCCCCCCCCCCCCCCN(C)C(=O)CCCCCCCCCCCCCCCCC. The van der Waals surface area contributed by atoms with Crippen LogP contribution in [0, 0.1) is 0 Å². The zero-order chi connectivity index (χ0) is 28.5. The van der Waals surface area contributed by atoms with Gasteiger partial charge in [-0.2, -0.15) is 0 Å². The van der Waals surface area contributed by atoms with Crippen LogP contribution in [0.1, 0.15) is 219 Å². The Kier molecular flexibility index (Phi) is 33.2. The van der Waals surface area contributed by atoms with Crippen molar-refractivity contribution in [3.8, 4) is 0 Å². The molecule has 0 aliphatic rings. The Balaban J connectivity index is 3.27. The molecule has 0 heterocycles. The molecule has 0 fully saturated rings. The zero-order valence-corrected chi connectivity index (χ0v) is 27.7. The Morgan fingerprint density at radius 3 is 0.872 bits per heavy atom. The third-order valence-corrected chi connectivity index (χ3v) is 8.77. The summed E-state index contributed by atoms with van der Waals surface area (Å²) in [6.07, 6.45) is 43.9. The Morgan fingerprint density at radius 1 is 0.359 bits per heavy atom. The second-order valence-corrected chi connectivity index (χ2v) is 12.8. The lowest BCUT2D eigenvalue weighted by Gasteiger charge is -2.17. The summed E-state index contributed by atoms with van der Waals surface area (Å²) in [5.74, 6) is 0.366. The molecule has 0 rings (SSSR count). The Morgan fingerprint density at radius 2 is 0.590 bits per heavy atom. The number of nitrogens with zero attached hydrogens (tertiary/aromatic N) is 1. The average Bonchev–Trinajstić information content (AvgIpc) is 2.94. The minimum atomic E-state index is 0.366. The first-order chi connectivity index (χ1) is 19.2. The molecule has 39 heavy (non-hydrogen) atoms. The minimum absolute atomic E-state index is 0.366. The van der Waals surface area contributed by atoms with Gasteiger partial charge in [0.15, 0.2) is 0 Å². The van der Waals surface area contributed by atoms with Crippen molar-refractivity contribution in [3.63, 3.8) is 0 Å². The Labute approximate surface area is 248 Å².